The number of fused-ring (bicyclic) bond motifs is 1. The van der Waals surface area contributed by atoms with Crippen LogP contribution in [0, 0.1) is 18.3 Å². The number of hydrogen-bond acceptors (Lipinski definition) is 6. The van der Waals surface area contributed by atoms with Crippen LogP contribution < -0.4 is 5.73 Å². The van der Waals surface area contributed by atoms with Crippen LogP contribution in [-0.4, -0.2) is 14.3 Å². The molecule has 0 aliphatic carbocycles. The van der Waals surface area contributed by atoms with Crippen molar-refractivity contribution in [3.8, 4) is 6.07 Å². The lowest BCUT2D eigenvalue weighted by molar-refractivity contribution is 1.24. The first-order valence-corrected chi connectivity index (χ1v) is 4.29. The maximum atomic E-state index is 8.66. The van der Waals surface area contributed by atoms with Crippen LogP contribution in [0.3, 0.4) is 0 Å². The van der Waals surface area contributed by atoms with Crippen LogP contribution >= 0.6 is 11.5 Å². The van der Waals surface area contributed by atoms with E-state index in [2.05, 4.69) is 14.3 Å². The second kappa shape index (κ2) is 2.64. The first kappa shape index (κ1) is 7.89. The number of nitrogens with zero attached hydrogens (tertiary/aromatic N) is 4. The molecule has 0 spiro atoms. The molecule has 0 bridgehead atoms. The van der Waals surface area contributed by atoms with Gasteiger partial charge in [-0.1, -0.05) is 0 Å². The minimum atomic E-state index is 0.163. The summed E-state index contributed by atoms with van der Waals surface area (Å²) in [4.78, 5) is 8.74. The number of nitrogens with two attached hydrogens (primary N) is 1. The normalized spacial score (nSPS) is 10.2. The minimum absolute atomic E-state index is 0.163. The Labute approximate surface area is 78.0 Å². The van der Waals surface area contributed by atoms with Gasteiger partial charge in [0.05, 0.1) is 5.69 Å². The minimum Gasteiger partial charge on any atom is -0.381 e. The highest BCUT2D eigenvalue weighted by atomic mass is 32.1. The van der Waals surface area contributed by atoms with Crippen LogP contribution in [0.5, 0.6) is 0 Å². The molecule has 2 heterocycles. The predicted octanol–water partition coefficient (Wildman–Crippen LogP) is 0.849. The van der Waals surface area contributed by atoms with E-state index in [0.29, 0.717) is 10.3 Å². The highest BCUT2D eigenvalue weighted by Gasteiger charge is 2.09. The van der Waals surface area contributed by atoms with Crippen molar-refractivity contribution in [1.29, 1.82) is 5.26 Å². The molecular weight excluding hydrogens is 186 g/mol. The maximum Gasteiger partial charge on any atom is 0.183 e. The molecule has 2 aromatic heterocycles. The topological polar surface area (TPSA) is 88.5 Å². The molecule has 0 unspecified atom stereocenters. The van der Waals surface area contributed by atoms with Crippen LogP contribution in [0.1, 0.15) is 11.4 Å². The fourth-order valence-electron chi connectivity index (χ4n) is 0.969. The molecule has 0 amide bonds. The van der Waals surface area contributed by atoms with Gasteiger partial charge in [0.25, 0.3) is 0 Å². The summed E-state index contributed by atoms with van der Waals surface area (Å²) in [5.74, 6) is 0.165. The molecule has 0 aliphatic heterocycles. The highest BCUT2D eigenvalue weighted by molar-refractivity contribution is 7.12. The van der Waals surface area contributed by atoms with Crippen molar-refractivity contribution in [3.63, 3.8) is 0 Å². The fraction of sp³-hybridized carbons (Fsp3) is 0.143. The molecular formula is C7H5N5S. The van der Waals surface area contributed by atoms with Gasteiger partial charge in [0.1, 0.15) is 11.6 Å². The summed E-state index contributed by atoms with van der Waals surface area (Å²) in [7, 11) is 0. The molecule has 2 N–H and O–H groups in total. The standard InChI is InChI=1S/C7H5N5S/c1-3-5-7(13-12-3)11-6(9)4(2-8)10-5/h1H3,(H2,9,11). The first-order chi connectivity index (χ1) is 6.22. The molecule has 0 aliphatic rings. The predicted molar refractivity (Wildman–Crippen MR) is 49.1 cm³/mol. The number of hydrogen-bond donors (Lipinski definition) is 1. The molecule has 64 valence electrons. The molecule has 6 heteroatoms. The quantitative estimate of drug-likeness (QED) is 0.666. The van der Waals surface area contributed by atoms with E-state index in [-0.39, 0.29) is 11.5 Å². The van der Waals surface area contributed by atoms with Crippen molar-refractivity contribution in [1.82, 2.24) is 14.3 Å². The summed E-state index contributed by atoms with van der Waals surface area (Å²) in [5.41, 5.74) is 7.10. The van der Waals surface area contributed by atoms with Gasteiger partial charge < -0.3 is 5.73 Å². The third kappa shape index (κ3) is 1.10. The van der Waals surface area contributed by atoms with E-state index in [4.69, 9.17) is 11.0 Å². The summed E-state index contributed by atoms with van der Waals surface area (Å²) in [6.45, 7) is 1.82. The molecule has 0 saturated heterocycles. The number of rotatable bonds is 0. The van der Waals surface area contributed by atoms with Gasteiger partial charge in [-0.05, 0) is 18.5 Å². The first-order valence-electron chi connectivity index (χ1n) is 3.52. The third-order valence-electron chi connectivity index (χ3n) is 1.61. The Balaban J connectivity index is 2.86. The van der Waals surface area contributed by atoms with E-state index >= 15 is 0 Å². The molecule has 13 heavy (non-hydrogen) atoms. The van der Waals surface area contributed by atoms with Crippen molar-refractivity contribution in [2.24, 2.45) is 0 Å². The van der Waals surface area contributed by atoms with Crippen molar-refractivity contribution in [3.05, 3.63) is 11.4 Å². The third-order valence-corrected chi connectivity index (χ3v) is 2.43. The van der Waals surface area contributed by atoms with Gasteiger partial charge in [-0.2, -0.15) is 9.64 Å². The number of aryl methyl sites for hydroxylation is 1. The second-order valence-corrected chi connectivity index (χ2v) is 3.24. The Morgan fingerprint density at radius 2 is 2.23 bits per heavy atom. The van der Waals surface area contributed by atoms with Crippen LogP contribution in [0.2, 0.25) is 0 Å². The highest BCUT2D eigenvalue weighted by Crippen LogP contribution is 2.20. The van der Waals surface area contributed by atoms with Gasteiger partial charge >= 0.3 is 0 Å². The molecule has 0 atom stereocenters. The Morgan fingerprint density at radius 3 is 2.92 bits per heavy atom. The second-order valence-electron chi connectivity index (χ2n) is 2.49. The SMILES string of the molecule is Cc1nsc2nc(N)c(C#N)nc12. The van der Waals surface area contributed by atoms with Crippen molar-refractivity contribution in [2.45, 2.75) is 6.92 Å². The number of aromatic nitrogens is 3. The zero-order valence-corrected chi connectivity index (χ0v) is 7.59. The maximum absolute atomic E-state index is 8.66. The van der Waals surface area contributed by atoms with Crippen LogP contribution in [0.4, 0.5) is 5.82 Å². The largest absolute Gasteiger partial charge is 0.381 e. The molecule has 2 aromatic rings. The molecule has 2 rings (SSSR count). The van der Waals surface area contributed by atoms with E-state index in [1.54, 1.807) is 0 Å². The van der Waals surface area contributed by atoms with Gasteiger partial charge in [0.15, 0.2) is 16.3 Å². The lowest BCUT2D eigenvalue weighted by atomic mass is 10.4. The molecule has 0 radical (unpaired) electrons. The Morgan fingerprint density at radius 1 is 1.46 bits per heavy atom. The molecule has 5 nitrogen and oxygen atoms in total. The molecule has 0 saturated carbocycles. The summed E-state index contributed by atoms with van der Waals surface area (Å²) in [6, 6.07) is 1.88. The average Bonchev–Trinajstić information content (AvgIpc) is 2.46. The van der Waals surface area contributed by atoms with E-state index in [1.807, 2.05) is 13.0 Å². The summed E-state index contributed by atoms with van der Waals surface area (Å²) < 4.78 is 4.06. The van der Waals surface area contributed by atoms with Crippen molar-refractivity contribution < 1.29 is 0 Å². The lowest BCUT2D eigenvalue weighted by Gasteiger charge is -1.94. The number of nitriles is 1. The van der Waals surface area contributed by atoms with Gasteiger partial charge in [-0.3, -0.25) is 0 Å². The van der Waals surface area contributed by atoms with Gasteiger partial charge in [0.2, 0.25) is 0 Å². The Bertz CT molecular complexity index is 509. The van der Waals surface area contributed by atoms with E-state index < -0.39 is 0 Å². The summed E-state index contributed by atoms with van der Waals surface area (Å²) in [5, 5.41) is 8.66. The fourth-order valence-corrected chi connectivity index (χ4v) is 1.70. The smallest absolute Gasteiger partial charge is 0.183 e. The number of nitrogen functional groups attached to an aromatic ring is 1. The van der Waals surface area contributed by atoms with Crippen LogP contribution in [0.25, 0.3) is 10.3 Å². The monoisotopic (exact) mass is 191 g/mol. The Hall–Kier alpha value is -1.74. The van der Waals surface area contributed by atoms with Gasteiger partial charge in [-0.25, -0.2) is 9.97 Å². The Kier molecular flexibility index (Phi) is 1.60. The number of anilines is 1. The van der Waals surface area contributed by atoms with Gasteiger partial charge in [-0.15, -0.1) is 0 Å². The van der Waals surface area contributed by atoms with Crippen LogP contribution in [-0.2, 0) is 0 Å². The van der Waals surface area contributed by atoms with E-state index in [9.17, 15) is 0 Å². The molecule has 0 aromatic carbocycles. The zero-order chi connectivity index (χ0) is 9.42. The van der Waals surface area contributed by atoms with Crippen molar-refractivity contribution >= 4 is 27.7 Å². The van der Waals surface area contributed by atoms with Crippen LogP contribution in [0.15, 0.2) is 0 Å². The molecule has 0 fully saturated rings. The van der Waals surface area contributed by atoms with Crippen molar-refractivity contribution in [2.75, 3.05) is 5.73 Å². The van der Waals surface area contributed by atoms with E-state index in [1.165, 1.54) is 11.5 Å². The lowest BCUT2D eigenvalue weighted by Crippen LogP contribution is -1.97. The average molecular weight is 191 g/mol. The van der Waals surface area contributed by atoms with Gasteiger partial charge in [0, 0.05) is 0 Å². The zero-order valence-electron chi connectivity index (χ0n) is 6.77. The summed E-state index contributed by atoms with van der Waals surface area (Å²) >= 11 is 1.23. The van der Waals surface area contributed by atoms with E-state index in [0.717, 1.165) is 5.69 Å². The summed E-state index contributed by atoms with van der Waals surface area (Å²) in [6.07, 6.45) is 0.